The minimum Gasteiger partial charge on any atom is -0.492 e. The van der Waals surface area contributed by atoms with Crippen LogP contribution in [-0.2, 0) is 0 Å². The number of nitrogens with zero attached hydrogens (tertiary/aromatic N) is 1. The Morgan fingerprint density at radius 2 is 2.17 bits per heavy atom. The molecule has 0 radical (unpaired) electrons. The Bertz CT molecular complexity index is 398. The van der Waals surface area contributed by atoms with Crippen molar-refractivity contribution in [2.75, 3.05) is 26.8 Å². The van der Waals surface area contributed by atoms with Crippen molar-refractivity contribution in [3.63, 3.8) is 0 Å². The Morgan fingerprint density at radius 3 is 2.78 bits per heavy atom. The lowest BCUT2D eigenvalue weighted by molar-refractivity contribution is 0.140. The number of para-hydroxylation sites is 1. The van der Waals surface area contributed by atoms with Crippen LogP contribution < -0.4 is 10.5 Å². The largest absolute Gasteiger partial charge is 0.492 e. The van der Waals surface area contributed by atoms with Gasteiger partial charge >= 0.3 is 0 Å². The van der Waals surface area contributed by atoms with Crippen LogP contribution in [0.2, 0.25) is 0 Å². The summed E-state index contributed by atoms with van der Waals surface area (Å²) < 4.78 is 5.67. The van der Waals surface area contributed by atoms with Gasteiger partial charge in [-0.15, -0.1) is 0 Å². The first kappa shape index (κ1) is 14.9. The van der Waals surface area contributed by atoms with Gasteiger partial charge in [0.25, 0.3) is 0 Å². The van der Waals surface area contributed by atoms with Crippen molar-refractivity contribution in [1.82, 2.24) is 4.90 Å². The molecule has 0 saturated heterocycles. The third-order valence-corrected chi connectivity index (χ3v) is 3.09. The molecule has 1 aromatic carbocycles. The van der Waals surface area contributed by atoms with Crippen LogP contribution in [0.5, 0.6) is 5.75 Å². The molecule has 18 heavy (non-hydrogen) atoms. The van der Waals surface area contributed by atoms with Crippen LogP contribution >= 0.6 is 12.2 Å². The highest BCUT2D eigenvalue weighted by atomic mass is 32.1. The highest BCUT2D eigenvalue weighted by molar-refractivity contribution is 7.80. The summed E-state index contributed by atoms with van der Waals surface area (Å²) in [5, 5.41) is 9.02. The van der Waals surface area contributed by atoms with E-state index in [1.165, 1.54) is 0 Å². The minimum atomic E-state index is 0.124. The molecule has 0 spiro atoms. The molecule has 100 valence electrons. The lowest BCUT2D eigenvalue weighted by Gasteiger charge is -2.22. The van der Waals surface area contributed by atoms with Crippen LogP contribution in [0.1, 0.15) is 12.5 Å². The summed E-state index contributed by atoms with van der Waals surface area (Å²) in [5.41, 5.74) is 6.38. The van der Waals surface area contributed by atoms with Gasteiger partial charge in [-0.25, -0.2) is 0 Å². The Kier molecular flexibility index (Phi) is 6.04. The zero-order valence-electron chi connectivity index (χ0n) is 10.8. The number of nitrogens with two attached hydrogens (primary N) is 1. The van der Waals surface area contributed by atoms with E-state index in [0.29, 0.717) is 17.3 Å². The van der Waals surface area contributed by atoms with Crippen LogP contribution in [0, 0.1) is 0 Å². The molecular formula is C13H20N2O2S. The second kappa shape index (κ2) is 7.31. The molecular weight excluding hydrogens is 248 g/mol. The fourth-order valence-electron chi connectivity index (χ4n) is 1.46. The van der Waals surface area contributed by atoms with Gasteiger partial charge in [0, 0.05) is 12.6 Å². The number of aliphatic hydroxyl groups excluding tert-OH is 1. The molecule has 1 aromatic rings. The smallest absolute Gasteiger partial charge is 0.129 e. The summed E-state index contributed by atoms with van der Waals surface area (Å²) >= 11 is 4.97. The van der Waals surface area contributed by atoms with Crippen molar-refractivity contribution in [2.24, 2.45) is 5.73 Å². The maximum atomic E-state index is 9.02. The maximum absolute atomic E-state index is 9.02. The molecule has 0 aliphatic rings. The second-order valence-electron chi connectivity index (χ2n) is 4.22. The van der Waals surface area contributed by atoms with Gasteiger partial charge in [0.2, 0.25) is 0 Å². The van der Waals surface area contributed by atoms with Crippen molar-refractivity contribution in [3.8, 4) is 5.75 Å². The van der Waals surface area contributed by atoms with Crippen molar-refractivity contribution >= 4 is 17.2 Å². The third-order valence-electron chi connectivity index (χ3n) is 2.87. The Balaban J connectivity index is 2.51. The van der Waals surface area contributed by atoms with Gasteiger partial charge in [-0.3, -0.25) is 4.90 Å². The number of hydrogen-bond donors (Lipinski definition) is 2. The lowest BCUT2D eigenvalue weighted by atomic mass is 10.2. The van der Waals surface area contributed by atoms with Crippen LogP contribution in [0.15, 0.2) is 24.3 Å². The molecule has 0 amide bonds. The molecule has 5 heteroatoms. The molecule has 0 bridgehead atoms. The molecule has 0 heterocycles. The third kappa shape index (κ3) is 4.25. The number of aliphatic hydroxyl groups is 1. The summed E-state index contributed by atoms with van der Waals surface area (Å²) in [4.78, 5) is 2.37. The molecule has 0 aromatic heterocycles. The first-order chi connectivity index (χ1) is 8.56. The molecule has 0 aliphatic heterocycles. The predicted octanol–water partition coefficient (Wildman–Crippen LogP) is 1.01. The second-order valence-corrected chi connectivity index (χ2v) is 4.66. The van der Waals surface area contributed by atoms with Gasteiger partial charge in [0.1, 0.15) is 17.3 Å². The van der Waals surface area contributed by atoms with Gasteiger partial charge < -0.3 is 15.6 Å². The van der Waals surface area contributed by atoms with E-state index in [9.17, 15) is 0 Å². The predicted molar refractivity (Wildman–Crippen MR) is 77.0 cm³/mol. The standard InChI is InChI=1S/C13H20N2O2S/c1-10(9-16)15(2)7-8-17-12-6-4-3-5-11(12)13(14)18/h3-6,10,16H,7-9H2,1-2H3,(H2,14,18). The highest BCUT2D eigenvalue weighted by Crippen LogP contribution is 2.17. The number of benzene rings is 1. The van der Waals surface area contributed by atoms with Gasteiger partial charge in [-0.05, 0) is 26.1 Å². The monoisotopic (exact) mass is 268 g/mol. The number of hydrogen-bond acceptors (Lipinski definition) is 4. The van der Waals surface area contributed by atoms with E-state index >= 15 is 0 Å². The summed E-state index contributed by atoms with van der Waals surface area (Å²) in [6.07, 6.45) is 0. The average molecular weight is 268 g/mol. The number of likely N-dealkylation sites (N-methyl/N-ethyl adjacent to an activating group) is 1. The highest BCUT2D eigenvalue weighted by Gasteiger charge is 2.09. The zero-order chi connectivity index (χ0) is 13.5. The quantitative estimate of drug-likeness (QED) is 0.723. The van der Waals surface area contributed by atoms with E-state index in [0.717, 1.165) is 12.1 Å². The van der Waals surface area contributed by atoms with Gasteiger partial charge in [0.05, 0.1) is 12.2 Å². The normalized spacial score (nSPS) is 12.4. The summed E-state index contributed by atoms with van der Waals surface area (Å²) in [7, 11) is 1.95. The molecule has 1 atom stereocenters. The first-order valence-corrected chi connectivity index (χ1v) is 6.29. The molecule has 0 saturated carbocycles. The van der Waals surface area contributed by atoms with Gasteiger partial charge in [-0.2, -0.15) is 0 Å². The number of thiocarbonyl (C=S) groups is 1. The van der Waals surface area contributed by atoms with Crippen molar-refractivity contribution in [3.05, 3.63) is 29.8 Å². The van der Waals surface area contributed by atoms with Gasteiger partial charge in [0.15, 0.2) is 0 Å². The van der Waals surface area contributed by atoms with E-state index in [1.54, 1.807) is 0 Å². The molecule has 0 aliphatic carbocycles. The van der Waals surface area contributed by atoms with E-state index < -0.39 is 0 Å². The maximum Gasteiger partial charge on any atom is 0.129 e. The Labute approximate surface area is 113 Å². The van der Waals surface area contributed by atoms with Crippen molar-refractivity contribution < 1.29 is 9.84 Å². The number of ether oxygens (including phenoxy) is 1. The Hall–Kier alpha value is -1.17. The average Bonchev–Trinajstić information content (AvgIpc) is 2.38. The summed E-state index contributed by atoms with van der Waals surface area (Å²) in [5.74, 6) is 0.704. The molecule has 4 nitrogen and oxygen atoms in total. The zero-order valence-corrected chi connectivity index (χ0v) is 11.6. The molecule has 3 N–H and O–H groups in total. The lowest BCUT2D eigenvalue weighted by Crippen LogP contribution is -2.35. The molecule has 0 fully saturated rings. The van der Waals surface area contributed by atoms with E-state index in [4.69, 9.17) is 27.8 Å². The summed E-state index contributed by atoms with van der Waals surface area (Å²) in [6.45, 7) is 3.36. The Morgan fingerprint density at radius 1 is 1.50 bits per heavy atom. The first-order valence-electron chi connectivity index (χ1n) is 5.89. The van der Waals surface area contributed by atoms with Crippen LogP contribution in [0.25, 0.3) is 0 Å². The summed E-state index contributed by atoms with van der Waals surface area (Å²) in [6, 6.07) is 7.58. The molecule has 1 unspecified atom stereocenters. The van der Waals surface area contributed by atoms with E-state index in [1.807, 2.05) is 43.1 Å². The van der Waals surface area contributed by atoms with E-state index in [2.05, 4.69) is 0 Å². The van der Waals surface area contributed by atoms with Crippen LogP contribution in [0.4, 0.5) is 0 Å². The van der Waals surface area contributed by atoms with Crippen LogP contribution in [0.3, 0.4) is 0 Å². The van der Waals surface area contributed by atoms with Crippen LogP contribution in [-0.4, -0.2) is 47.8 Å². The van der Waals surface area contributed by atoms with Gasteiger partial charge in [-0.1, -0.05) is 24.4 Å². The minimum absolute atomic E-state index is 0.124. The van der Waals surface area contributed by atoms with Crippen molar-refractivity contribution in [1.29, 1.82) is 0 Å². The number of rotatable bonds is 7. The van der Waals surface area contributed by atoms with E-state index in [-0.39, 0.29) is 12.6 Å². The fraction of sp³-hybridized carbons (Fsp3) is 0.462. The molecule has 1 rings (SSSR count). The van der Waals surface area contributed by atoms with Crippen molar-refractivity contribution in [2.45, 2.75) is 13.0 Å². The fourth-order valence-corrected chi connectivity index (χ4v) is 1.62. The topological polar surface area (TPSA) is 58.7 Å². The SMILES string of the molecule is CC(CO)N(C)CCOc1ccccc1C(N)=S.